The number of rotatable bonds is 4. The van der Waals surface area contributed by atoms with Gasteiger partial charge in [-0.2, -0.15) is 4.31 Å². The summed E-state index contributed by atoms with van der Waals surface area (Å²) >= 11 is 6.24. The smallest absolute Gasteiger partial charge is 0.215 e. The molecule has 0 aromatic heterocycles. The van der Waals surface area contributed by atoms with Crippen LogP contribution >= 0.6 is 11.6 Å². The second-order valence-electron chi connectivity index (χ2n) is 9.19. The molecule has 2 saturated carbocycles. The molecule has 2 bridgehead atoms. The maximum absolute atomic E-state index is 13.3. The first-order valence-corrected chi connectivity index (χ1v) is 12.1. The van der Waals surface area contributed by atoms with Gasteiger partial charge in [-0.1, -0.05) is 31.5 Å². The van der Waals surface area contributed by atoms with Crippen molar-refractivity contribution < 1.29 is 13.2 Å². The number of sulfonamides is 1. The van der Waals surface area contributed by atoms with E-state index in [0.717, 1.165) is 22.7 Å². The fraction of sp³-hybridized carbons (Fsp3) is 0.667. The molecule has 2 aliphatic carbocycles. The van der Waals surface area contributed by atoms with Crippen LogP contribution in [-0.2, 0) is 14.8 Å². The second kappa shape index (κ2) is 6.71. The summed E-state index contributed by atoms with van der Waals surface area (Å²) in [6.45, 7) is 8.33. The van der Waals surface area contributed by atoms with E-state index in [2.05, 4.69) is 18.7 Å². The highest BCUT2D eigenvalue weighted by atomic mass is 35.5. The molecule has 3 fully saturated rings. The molecule has 3 aliphatic rings. The summed E-state index contributed by atoms with van der Waals surface area (Å²) in [6.07, 6.45) is 2.23. The van der Waals surface area contributed by atoms with Crippen molar-refractivity contribution >= 4 is 33.1 Å². The molecular weight excluding hydrogens is 396 g/mol. The summed E-state index contributed by atoms with van der Waals surface area (Å²) in [5.41, 5.74) is 1.16. The summed E-state index contributed by atoms with van der Waals surface area (Å²) in [4.78, 5) is 14.9. The van der Waals surface area contributed by atoms with E-state index in [1.54, 1.807) is 4.31 Å². The van der Waals surface area contributed by atoms with Crippen molar-refractivity contribution in [3.05, 3.63) is 28.8 Å². The van der Waals surface area contributed by atoms with E-state index in [1.807, 2.05) is 25.1 Å². The van der Waals surface area contributed by atoms with E-state index >= 15 is 0 Å². The minimum absolute atomic E-state index is 0.0292. The van der Waals surface area contributed by atoms with Crippen molar-refractivity contribution in [3.63, 3.8) is 0 Å². The zero-order valence-electron chi connectivity index (χ0n) is 16.9. The van der Waals surface area contributed by atoms with Crippen LogP contribution in [0, 0.1) is 23.7 Å². The Morgan fingerprint density at radius 2 is 1.86 bits per heavy atom. The van der Waals surface area contributed by atoms with Gasteiger partial charge < -0.3 is 4.90 Å². The Bertz CT molecular complexity index is 906. The van der Waals surface area contributed by atoms with Crippen LogP contribution in [0.25, 0.3) is 0 Å². The van der Waals surface area contributed by atoms with E-state index in [-0.39, 0.29) is 17.0 Å². The van der Waals surface area contributed by atoms with Gasteiger partial charge >= 0.3 is 0 Å². The number of ketones is 1. The first-order valence-electron chi connectivity index (χ1n) is 10.1. The maximum Gasteiger partial charge on any atom is 0.215 e. The molecule has 0 unspecified atom stereocenters. The second-order valence-corrected chi connectivity index (χ2v) is 11.6. The highest BCUT2D eigenvalue weighted by molar-refractivity contribution is 7.89. The fourth-order valence-corrected chi connectivity index (χ4v) is 8.03. The van der Waals surface area contributed by atoms with Crippen LogP contribution < -0.4 is 4.90 Å². The van der Waals surface area contributed by atoms with Crippen LogP contribution in [0.3, 0.4) is 0 Å². The lowest BCUT2D eigenvalue weighted by atomic mass is 9.70. The van der Waals surface area contributed by atoms with E-state index < -0.39 is 15.4 Å². The predicted octanol–water partition coefficient (Wildman–Crippen LogP) is 3.50. The first-order chi connectivity index (χ1) is 13.1. The quantitative estimate of drug-likeness (QED) is 0.742. The molecule has 0 amide bonds. The average Bonchev–Trinajstić information content (AvgIpc) is 2.98. The van der Waals surface area contributed by atoms with Gasteiger partial charge in [0.2, 0.25) is 10.0 Å². The van der Waals surface area contributed by atoms with Gasteiger partial charge in [-0.25, -0.2) is 8.42 Å². The lowest BCUT2D eigenvalue weighted by Crippen LogP contribution is -2.52. The van der Waals surface area contributed by atoms with Crippen LogP contribution in [0.5, 0.6) is 0 Å². The van der Waals surface area contributed by atoms with Gasteiger partial charge in [0.1, 0.15) is 5.78 Å². The Morgan fingerprint density at radius 1 is 1.18 bits per heavy atom. The van der Waals surface area contributed by atoms with Crippen LogP contribution in [0.2, 0.25) is 5.02 Å². The third kappa shape index (κ3) is 2.91. The molecule has 1 heterocycles. The number of Topliss-reactive ketones (excluding diaryl/α,β-unsaturated/α-hetero) is 1. The Hall–Kier alpha value is -1.11. The number of carbonyl (C=O) groups is 1. The minimum Gasteiger partial charge on any atom is -0.369 e. The molecule has 1 saturated heterocycles. The Morgan fingerprint density at radius 3 is 2.43 bits per heavy atom. The van der Waals surface area contributed by atoms with E-state index in [4.69, 9.17) is 11.6 Å². The van der Waals surface area contributed by atoms with Crippen LogP contribution in [0.4, 0.5) is 5.69 Å². The van der Waals surface area contributed by atoms with Crippen molar-refractivity contribution in [2.75, 3.05) is 36.8 Å². The number of benzene rings is 1. The predicted molar refractivity (Wildman–Crippen MR) is 112 cm³/mol. The van der Waals surface area contributed by atoms with Crippen LogP contribution in [0.15, 0.2) is 18.2 Å². The highest BCUT2D eigenvalue weighted by Crippen LogP contribution is 2.64. The van der Waals surface area contributed by atoms with Crippen molar-refractivity contribution in [2.24, 2.45) is 16.7 Å². The zero-order valence-corrected chi connectivity index (χ0v) is 18.4. The van der Waals surface area contributed by atoms with Gasteiger partial charge in [-0.3, -0.25) is 4.79 Å². The zero-order chi connectivity index (χ0) is 20.3. The molecule has 154 valence electrons. The summed E-state index contributed by atoms with van der Waals surface area (Å²) in [7, 11) is -3.48. The SMILES string of the molecule is Cc1c(Cl)cccc1N1CCN(S(=O)(=O)C[C@]23CC[C@@H](CC2=O)C3(C)C)CC1. The molecule has 1 aromatic rings. The Labute approximate surface area is 173 Å². The molecule has 1 aromatic carbocycles. The lowest BCUT2D eigenvalue weighted by Gasteiger charge is -2.40. The number of hydrogen-bond donors (Lipinski definition) is 0. The van der Waals surface area contributed by atoms with Gasteiger partial charge in [-0.05, 0) is 48.8 Å². The molecule has 5 nitrogen and oxygen atoms in total. The number of carbonyl (C=O) groups excluding carboxylic acids is 1. The van der Waals surface area contributed by atoms with E-state index in [9.17, 15) is 13.2 Å². The number of hydrogen-bond acceptors (Lipinski definition) is 4. The van der Waals surface area contributed by atoms with Gasteiger partial charge in [0.05, 0.1) is 5.75 Å². The first kappa shape index (κ1) is 20.2. The van der Waals surface area contributed by atoms with E-state index in [1.165, 1.54) is 0 Å². The molecule has 2 atom stereocenters. The van der Waals surface area contributed by atoms with E-state index in [0.29, 0.717) is 44.9 Å². The number of fused-ring (bicyclic) bond motifs is 2. The molecular formula is C21H29ClN2O3S. The topological polar surface area (TPSA) is 57.7 Å². The standard InChI is InChI=1S/C21H29ClN2O3S/c1-15-17(22)5-4-6-18(15)23-9-11-24(12-10-23)28(26,27)14-21-8-7-16(13-19(21)25)20(21,2)3/h4-6,16H,7-14H2,1-3H3/t16-,21+/m0/s1. The minimum atomic E-state index is -3.48. The largest absolute Gasteiger partial charge is 0.369 e. The Kier molecular flexibility index (Phi) is 4.83. The summed E-state index contributed by atoms with van der Waals surface area (Å²) in [5, 5.41) is 0.726. The van der Waals surface area contributed by atoms with Crippen molar-refractivity contribution in [2.45, 2.75) is 40.0 Å². The molecule has 4 rings (SSSR count). The summed E-state index contributed by atoms with van der Waals surface area (Å²) in [6, 6.07) is 5.83. The summed E-state index contributed by atoms with van der Waals surface area (Å²) in [5.74, 6) is 0.460. The summed E-state index contributed by atoms with van der Waals surface area (Å²) < 4.78 is 28.1. The van der Waals surface area contributed by atoms with Gasteiger partial charge in [0.15, 0.2) is 0 Å². The van der Waals surface area contributed by atoms with Crippen LogP contribution in [0.1, 0.15) is 38.7 Å². The molecule has 7 heteroatoms. The number of nitrogens with zero attached hydrogens (tertiary/aromatic N) is 2. The average molecular weight is 425 g/mol. The third-order valence-electron chi connectivity index (χ3n) is 7.78. The van der Waals surface area contributed by atoms with Gasteiger partial charge in [0.25, 0.3) is 0 Å². The highest BCUT2D eigenvalue weighted by Gasteiger charge is 2.65. The normalized spacial score (nSPS) is 30.2. The monoisotopic (exact) mass is 424 g/mol. The van der Waals surface area contributed by atoms with Gasteiger partial charge in [0, 0.05) is 48.7 Å². The van der Waals surface area contributed by atoms with Crippen molar-refractivity contribution in [3.8, 4) is 0 Å². The van der Waals surface area contributed by atoms with Crippen molar-refractivity contribution in [1.82, 2.24) is 4.31 Å². The number of halogens is 1. The maximum atomic E-state index is 13.3. The Balaban J connectivity index is 1.49. The van der Waals surface area contributed by atoms with Gasteiger partial charge in [-0.15, -0.1) is 0 Å². The fourth-order valence-electron chi connectivity index (χ4n) is 5.66. The molecule has 0 radical (unpaired) electrons. The molecule has 28 heavy (non-hydrogen) atoms. The number of anilines is 1. The van der Waals surface area contributed by atoms with Crippen LogP contribution in [-0.4, -0.2) is 50.4 Å². The lowest BCUT2D eigenvalue weighted by molar-refractivity contribution is -0.128. The van der Waals surface area contributed by atoms with Crippen molar-refractivity contribution in [1.29, 1.82) is 0 Å². The third-order valence-corrected chi connectivity index (χ3v) is 10.2. The molecule has 1 aliphatic heterocycles. The molecule has 0 spiro atoms. The number of piperazine rings is 1. The molecule has 0 N–H and O–H groups in total.